The smallest absolute Gasteiger partial charge is 0.225 e. The van der Waals surface area contributed by atoms with E-state index in [1.807, 2.05) is 12.1 Å². The van der Waals surface area contributed by atoms with Crippen molar-refractivity contribution in [1.82, 2.24) is 9.97 Å². The molecule has 0 radical (unpaired) electrons. The summed E-state index contributed by atoms with van der Waals surface area (Å²) in [6.07, 6.45) is 0. The van der Waals surface area contributed by atoms with Gasteiger partial charge in [-0.3, -0.25) is 0 Å². The van der Waals surface area contributed by atoms with E-state index in [1.54, 1.807) is 18.4 Å². The van der Waals surface area contributed by atoms with E-state index in [9.17, 15) is 0 Å². The Morgan fingerprint density at radius 2 is 1.69 bits per heavy atom. The maximum absolute atomic E-state index is 6.35. The van der Waals surface area contributed by atoms with E-state index in [1.165, 1.54) is 22.3 Å². The standard InChI is InChI=1S/C25H25ClN4OS/c1-16-8-9-18(17(2)14-16)19-15-32-24-22(19)23(27-25(26)28-24)30-12-10-29(11-13-30)20-6-4-5-7-21(20)31-3/h4-9,14-15H,10-13H2,1-3H3. The van der Waals surface area contributed by atoms with Gasteiger partial charge in [0.15, 0.2) is 0 Å². The number of hydrogen-bond acceptors (Lipinski definition) is 6. The molecule has 1 aliphatic heterocycles. The zero-order chi connectivity index (χ0) is 22.2. The van der Waals surface area contributed by atoms with Crippen molar-refractivity contribution in [2.45, 2.75) is 13.8 Å². The number of aromatic nitrogens is 2. The Morgan fingerprint density at radius 3 is 2.44 bits per heavy atom. The molecule has 1 fully saturated rings. The Morgan fingerprint density at radius 1 is 0.938 bits per heavy atom. The number of anilines is 2. The highest BCUT2D eigenvalue weighted by molar-refractivity contribution is 7.17. The molecule has 32 heavy (non-hydrogen) atoms. The van der Waals surface area contributed by atoms with E-state index in [4.69, 9.17) is 21.3 Å². The van der Waals surface area contributed by atoms with Gasteiger partial charge >= 0.3 is 0 Å². The first-order valence-electron chi connectivity index (χ1n) is 10.7. The van der Waals surface area contributed by atoms with Crippen molar-refractivity contribution in [2.75, 3.05) is 43.1 Å². The van der Waals surface area contributed by atoms with Crippen LogP contribution in [0.3, 0.4) is 0 Å². The van der Waals surface area contributed by atoms with Crippen molar-refractivity contribution < 1.29 is 4.74 Å². The average Bonchev–Trinajstić information content (AvgIpc) is 3.22. The molecule has 0 amide bonds. The van der Waals surface area contributed by atoms with Gasteiger partial charge in [-0.05, 0) is 48.7 Å². The van der Waals surface area contributed by atoms with Gasteiger partial charge in [0.25, 0.3) is 0 Å². The van der Waals surface area contributed by atoms with Gasteiger partial charge in [0.05, 0.1) is 18.2 Å². The van der Waals surface area contributed by atoms with Crippen LogP contribution >= 0.6 is 22.9 Å². The molecule has 3 heterocycles. The molecular formula is C25H25ClN4OS. The van der Waals surface area contributed by atoms with Crippen molar-refractivity contribution in [3.8, 4) is 16.9 Å². The second-order valence-electron chi connectivity index (χ2n) is 8.11. The first-order chi connectivity index (χ1) is 15.5. The Balaban J connectivity index is 1.50. The number of benzene rings is 2. The molecular weight excluding hydrogens is 440 g/mol. The second-order valence-corrected chi connectivity index (χ2v) is 9.31. The molecule has 4 aromatic rings. The first kappa shape index (κ1) is 21.0. The minimum Gasteiger partial charge on any atom is -0.495 e. The third-order valence-corrected chi connectivity index (χ3v) is 7.11. The summed E-state index contributed by atoms with van der Waals surface area (Å²) in [5.74, 6) is 1.83. The molecule has 7 heteroatoms. The number of thiophene rings is 1. The molecule has 0 spiro atoms. The largest absolute Gasteiger partial charge is 0.495 e. The molecule has 0 saturated carbocycles. The molecule has 164 valence electrons. The summed E-state index contributed by atoms with van der Waals surface area (Å²) in [6.45, 7) is 7.75. The minimum atomic E-state index is 0.300. The number of hydrogen-bond donors (Lipinski definition) is 0. The van der Waals surface area contributed by atoms with Gasteiger partial charge in [-0.15, -0.1) is 11.3 Å². The van der Waals surface area contributed by atoms with Gasteiger partial charge < -0.3 is 14.5 Å². The molecule has 0 N–H and O–H groups in total. The summed E-state index contributed by atoms with van der Waals surface area (Å²) in [6, 6.07) is 14.8. The number of aryl methyl sites for hydroxylation is 2. The van der Waals surface area contributed by atoms with E-state index < -0.39 is 0 Å². The summed E-state index contributed by atoms with van der Waals surface area (Å²) < 4.78 is 5.57. The maximum Gasteiger partial charge on any atom is 0.225 e. The lowest BCUT2D eigenvalue weighted by Crippen LogP contribution is -2.47. The fraction of sp³-hybridized carbons (Fsp3) is 0.280. The van der Waals surface area contributed by atoms with E-state index in [0.29, 0.717) is 5.28 Å². The number of piperazine rings is 1. The van der Waals surface area contributed by atoms with Crippen LogP contribution in [0.15, 0.2) is 47.8 Å². The topological polar surface area (TPSA) is 41.5 Å². The molecule has 5 rings (SSSR count). The van der Waals surface area contributed by atoms with Crippen molar-refractivity contribution in [2.24, 2.45) is 0 Å². The highest BCUT2D eigenvalue weighted by Gasteiger charge is 2.25. The Hall–Kier alpha value is -2.83. The van der Waals surface area contributed by atoms with Crippen LogP contribution in [0.1, 0.15) is 11.1 Å². The molecule has 0 aliphatic carbocycles. The van der Waals surface area contributed by atoms with Crippen LogP contribution in [0.5, 0.6) is 5.75 Å². The number of fused-ring (bicyclic) bond motifs is 1. The van der Waals surface area contributed by atoms with Gasteiger partial charge in [0.1, 0.15) is 16.4 Å². The van der Waals surface area contributed by atoms with E-state index in [-0.39, 0.29) is 0 Å². The van der Waals surface area contributed by atoms with Gasteiger partial charge in [0, 0.05) is 37.1 Å². The first-order valence-corrected chi connectivity index (χ1v) is 12.0. The summed E-state index contributed by atoms with van der Waals surface area (Å²) >= 11 is 7.97. The predicted octanol–water partition coefficient (Wildman–Crippen LogP) is 5.96. The second kappa shape index (κ2) is 8.60. The zero-order valence-electron chi connectivity index (χ0n) is 18.4. The van der Waals surface area contributed by atoms with Gasteiger partial charge in [0.2, 0.25) is 5.28 Å². The van der Waals surface area contributed by atoms with Gasteiger partial charge in [-0.1, -0.05) is 35.9 Å². The average molecular weight is 465 g/mol. The molecule has 0 unspecified atom stereocenters. The SMILES string of the molecule is COc1ccccc1N1CCN(c2nc(Cl)nc3scc(-c4ccc(C)cc4C)c23)CC1. The Labute approximate surface area is 197 Å². The van der Waals surface area contributed by atoms with Crippen LogP contribution in [0.2, 0.25) is 5.28 Å². The molecule has 2 aromatic carbocycles. The van der Waals surface area contributed by atoms with E-state index in [2.05, 4.69) is 64.3 Å². The summed E-state index contributed by atoms with van der Waals surface area (Å²) in [7, 11) is 1.72. The summed E-state index contributed by atoms with van der Waals surface area (Å²) in [4.78, 5) is 14.9. The Bertz CT molecular complexity index is 1280. The highest BCUT2D eigenvalue weighted by Crippen LogP contribution is 2.40. The zero-order valence-corrected chi connectivity index (χ0v) is 20.0. The fourth-order valence-electron chi connectivity index (χ4n) is 4.49. The quantitative estimate of drug-likeness (QED) is 0.348. The van der Waals surface area contributed by atoms with Crippen LogP contribution in [0, 0.1) is 13.8 Å². The molecule has 1 aliphatic rings. The van der Waals surface area contributed by atoms with Crippen LogP contribution in [0.25, 0.3) is 21.3 Å². The van der Waals surface area contributed by atoms with Crippen LogP contribution < -0.4 is 14.5 Å². The maximum atomic E-state index is 6.35. The van der Waals surface area contributed by atoms with Crippen LogP contribution in [0.4, 0.5) is 11.5 Å². The summed E-state index contributed by atoms with van der Waals surface area (Å²) in [5.41, 5.74) is 6.05. The normalized spacial score (nSPS) is 14.2. The molecule has 5 nitrogen and oxygen atoms in total. The van der Waals surface area contributed by atoms with Crippen LogP contribution in [-0.2, 0) is 0 Å². The van der Waals surface area contributed by atoms with Crippen LogP contribution in [-0.4, -0.2) is 43.3 Å². The lowest BCUT2D eigenvalue weighted by Gasteiger charge is -2.37. The monoisotopic (exact) mass is 464 g/mol. The number of methoxy groups -OCH3 is 1. The lowest BCUT2D eigenvalue weighted by atomic mass is 9.99. The third-order valence-electron chi connectivity index (χ3n) is 6.06. The van der Waals surface area contributed by atoms with E-state index in [0.717, 1.165) is 53.7 Å². The fourth-order valence-corrected chi connectivity index (χ4v) is 5.64. The highest BCUT2D eigenvalue weighted by atomic mass is 35.5. The van der Waals surface area contributed by atoms with Gasteiger partial charge in [-0.25, -0.2) is 4.98 Å². The number of rotatable bonds is 4. The van der Waals surface area contributed by atoms with E-state index >= 15 is 0 Å². The van der Waals surface area contributed by atoms with Gasteiger partial charge in [-0.2, -0.15) is 4.98 Å². The lowest BCUT2D eigenvalue weighted by molar-refractivity contribution is 0.413. The molecule has 0 bridgehead atoms. The number of halogens is 1. The number of ether oxygens (including phenoxy) is 1. The van der Waals surface area contributed by atoms with Crippen molar-refractivity contribution in [3.05, 3.63) is 64.3 Å². The third kappa shape index (κ3) is 3.78. The molecule has 0 atom stereocenters. The Kier molecular flexibility index (Phi) is 5.66. The minimum absolute atomic E-state index is 0.300. The predicted molar refractivity (Wildman–Crippen MR) is 135 cm³/mol. The van der Waals surface area contributed by atoms with Crippen molar-refractivity contribution in [3.63, 3.8) is 0 Å². The molecule has 1 saturated heterocycles. The molecule has 2 aromatic heterocycles. The summed E-state index contributed by atoms with van der Waals surface area (Å²) in [5, 5.41) is 3.58. The number of nitrogens with zero attached hydrogens (tertiary/aromatic N) is 4. The van der Waals surface area contributed by atoms with Crippen molar-refractivity contribution >= 4 is 44.7 Å². The van der Waals surface area contributed by atoms with Crippen molar-refractivity contribution in [1.29, 1.82) is 0 Å². The number of para-hydroxylation sites is 2.